The third kappa shape index (κ3) is 3.40. The van der Waals surface area contributed by atoms with Crippen molar-refractivity contribution >= 4 is 33.2 Å². The maximum atomic E-state index is 12.9. The van der Waals surface area contributed by atoms with Crippen molar-refractivity contribution in [2.45, 2.75) is 4.90 Å². The van der Waals surface area contributed by atoms with Crippen LogP contribution in [0, 0.1) is 5.82 Å². The van der Waals surface area contributed by atoms with Crippen molar-refractivity contribution < 1.29 is 17.5 Å². The van der Waals surface area contributed by atoms with E-state index in [1.54, 1.807) is 0 Å². The van der Waals surface area contributed by atoms with E-state index in [1.165, 1.54) is 24.3 Å². The standard InChI is InChI=1S/C12H8Cl2FNO3S/c13-9-5-7(15)1-3-11(9)19-12-4-2-8(6-10(12)14)20(16,17)18/h1-6H,(H2,16,17,18). The molecule has 8 heteroatoms. The Kier molecular flexibility index (Phi) is 4.19. The van der Waals surface area contributed by atoms with Gasteiger partial charge in [0.1, 0.15) is 17.3 Å². The van der Waals surface area contributed by atoms with Gasteiger partial charge in [0.25, 0.3) is 0 Å². The van der Waals surface area contributed by atoms with E-state index in [0.29, 0.717) is 0 Å². The first-order valence-electron chi connectivity index (χ1n) is 5.22. The van der Waals surface area contributed by atoms with Crippen molar-refractivity contribution in [1.29, 1.82) is 0 Å². The number of hydrogen-bond acceptors (Lipinski definition) is 3. The highest BCUT2D eigenvalue weighted by Crippen LogP contribution is 2.34. The summed E-state index contributed by atoms with van der Waals surface area (Å²) in [5, 5.41) is 5.08. The minimum atomic E-state index is -3.84. The Balaban J connectivity index is 2.35. The largest absolute Gasteiger partial charge is 0.454 e. The van der Waals surface area contributed by atoms with E-state index >= 15 is 0 Å². The number of rotatable bonds is 3. The van der Waals surface area contributed by atoms with Crippen molar-refractivity contribution in [2.24, 2.45) is 5.14 Å². The van der Waals surface area contributed by atoms with E-state index in [-0.39, 0.29) is 26.4 Å². The quantitative estimate of drug-likeness (QED) is 0.931. The molecule has 4 nitrogen and oxygen atoms in total. The van der Waals surface area contributed by atoms with Gasteiger partial charge in [-0.15, -0.1) is 0 Å². The lowest BCUT2D eigenvalue weighted by molar-refractivity contribution is 0.480. The molecule has 2 aromatic carbocycles. The van der Waals surface area contributed by atoms with Gasteiger partial charge in [-0.2, -0.15) is 0 Å². The van der Waals surface area contributed by atoms with Gasteiger partial charge >= 0.3 is 0 Å². The van der Waals surface area contributed by atoms with E-state index in [2.05, 4.69) is 0 Å². The minimum Gasteiger partial charge on any atom is -0.454 e. The van der Waals surface area contributed by atoms with Crippen molar-refractivity contribution in [2.75, 3.05) is 0 Å². The predicted octanol–water partition coefficient (Wildman–Crippen LogP) is 3.57. The van der Waals surface area contributed by atoms with Gasteiger partial charge in [0.2, 0.25) is 10.0 Å². The fourth-order valence-corrected chi connectivity index (χ4v) is 2.45. The zero-order chi connectivity index (χ0) is 14.9. The van der Waals surface area contributed by atoms with Gasteiger partial charge in [-0.3, -0.25) is 0 Å². The molecule has 106 valence electrons. The lowest BCUT2D eigenvalue weighted by Gasteiger charge is -2.10. The Morgan fingerprint density at radius 1 is 1.00 bits per heavy atom. The summed E-state index contributed by atoms with van der Waals surface area (Å²) in [6.07, 6.45) is 0. The molecule has 0 saturated carbocycles. The molecule has 2 aromatic rings. The molecule has 0 aliphatic carbocycles. The van der Waals surface area contributed by atoms with E-state index in [0.717, 1.165) is 12.1 Å². The number of primary sulfonamides is 1. The highest BCUT2D eigenvalue weighted by atomic mass is 35.5. The second-order valence-electron chi connectivity index (χ2n) is 3.81. The van der Waals surface area contributed by atoms with Crippen LogP contribution in [0.1, 0.15) is 0 Å². The zero-order valence-electron chi connectivity index (χ0n) is 9.81. The van der Waals surface area contributed by atoms with Gasteiger partial charge in [0.05, 0.1) is 14.9 Å². The van der Waals surface area contributed by atoms with Crippen LogP contribution in [0.25, 0.3) is 0 Å². The number of nitrogens with two attached hydrogens (primary N) is 1. The lowest BCUT2D eigenvalue weighted by Crippen LogP contribution is -2.11. The summed E-state index contributed by atoms with van der Waals surface area (Å²) < 4.78 is 40.6. The molecule has 0 atom stereocenters. The Bertz CT molecular complexity index is 765. The third-order valence-electron chi connectivity index (χ3n) is 2.35. The van der Waals surface area contributed by atoms with Crippen molar-refractivity contribution in [3.63, 3.8) is 0 Å². The first-order valence-corrected chi connectivity index (χ1v) is 7.53. The Hall–Kier alpha value is -1.34. The van der Waals surface area contributed by atoms with Crippen LogP contribution in [0.3, 0.4) is 0 Å². The topological polar surface area (TPSA) is 69.4 Å². The van der Waals surface area contributed by atoms with Crippen molar-refractivity contribution in [3.05, 3.63) is 52.3 Å². The van der Waals surface area contributed by atoms with Gasteiger partial charge in [-0.25, -0.2) is 17.9 Å². The van der Waals surface area contributed by atoms with Crippen molar-refractivity contribution in [1.82, 2.24) is 0 Å². The minimum absolute atomic E-state index is 0.0388. The summed E-state index contributed by atoms with van der Waals surface area (Å²) >= 11 is 11.7. The monoisotopic (exact) mass is 335 g/mol. The molecule has 0 heterocycles. The molecule has 0 unspecified atom stereocenters. The summed E-state index contributed by atoms with van der Waals surface area (Å²) in [5.41, 5.74) is 0. The molecule has 0 fully saturated rings. The number of halogens is 3. The molecule has 0 bridgehead atoms. The molecule has 0 saturated heterocycles. The maximum absolute atomic E-state index is 12.9. The van der Waals surface area contributed by atoms with Gasteiger partial charge < -0.3 is 4.74 Å². The Morgan fingerprint density at radius 3 is 2.05 bits per heavy atom. The molecule has 0 aliphatic heterocycles. The molecule has 2 N–H and O–H groups in total. The average molecular weight is 336 g/mol. The fraction of sp³-hybridized carbons (Fsp3) is 0. The summed E-state index contributed by atoms with van der Waals surface area (Å²) in [5.74, 6) is -0.135. The highest BCUT2D eigenvalue weighted by Gasteiger charge is 2.13. The Labute approximate surface area is 124 Å². The predicted molar refractivity (Wildman–Crippen MR) is 74.3 cm³/mol. The van der Waals surface area contributed by atoms with Crippen LogP contribution in [-0.4, -0.2) is 8.42 Å². The SMILES string of the molecule is NS(=O)(=O)c1ccc(Oc2ccc(F)cc2Cl)c(Cl)c1. The van der Waals surface area contributed by atoms with E-state index in [1.807, 2.05) is 0 Å². The van der Waals surface area contributed by atoms with Crippen LogP contribution in [0.4, 0.5) is 4.39 Å². The zero-order valence-corrected chi connectivity index (χ0v) is 12.1. The molecule has 0 radical (unpaired) electrons. The molecule has 0 aromatic heterocycles. The molecule has 0 spiro atoms. The van der Waals surface area contributed by atoms with Crippen LogP contribution in [0.2, 0.25) is 10.0 Å². The van der Waals surface area contributed by atoms with Gasteiger partial charge in [0, 0.05) is 0 Å². The highest BCUT2D eigenvalue weighted by molar-refractivity contribution is 7.89. The van der Waals surface area contributed by atoms with E-state index in [9.17, 15) is 12.8 Å². The van der Waals surface area contributed by atoms with Crippen molar-refractivity contribution in [3.8, 4) is 11.5 Å². The molecular formula is C12H8Cl2FNO3S. The summed E-state index contributed by atoms with van der Waals surface area (Å²) in [4.78, 5) is -0.139. The van der Waals surface area contributed by atoms with Crippen LogP contribution < -0.4 is 9.88 Å². The average Bonchev–Trinajstić information content (AvgIpc) is 2.33. The van der Waals surface area contributed by atoms with Crippen LogP contribution in [0.5, 0.6) is 11.5 Å². The summed E-state index contributed by atoms with van der Waals surface area (Å²) in [7, 11) is -3.84. The van der Waals surface area contributed by atoms with Gasteiger partial charge in [-0.05, 0) is 36.4 Å². The molecule has 0 amide bonds. The fourth-order valence-electron chi connectivity index (χ4n) is 1.42. The summed E-state index contributed by atoms with van der Waals surface area (Å²) in [6.45, 7) is 0. The molecular weight excluding hydrogens is 328 g/mol. The summed E-state index contributed by atoms with van der Waals surface area (Å²) in [6, 6.07) is 7.33. The second kappa shape index (κ2) is 5.57. The molecule has 20 heavy (non-hydrogen) atoms. The second-order valence-corrected chi connectivity index (χ2v) is 6.19. The molecule has 2 rings (SSSR count). The van der Waals surface area contributed by atoms with Gasteiger partial charge in [0.15, 0.2) is 0 Å². The number of hydrogen-bond donors (Lipinski definition) is 1. The number of sulfonamides is 1. The number of benzene rings is 2. The van der Waals surface area contributed by atoms with Crippen LogP contribution in [-0.2, 0) is 10.0 Å². The maximum Gasteiger partial charge on any atom is 0.238 e. The third-order valence-corrected chi connectivity index (χ3v) is 3.85. The Morgan fingerprint density at radius 2 is 1.55 bits per heavy atom. The first-order chi connectivity index (χ1) is 9.27. The molecule has 0 aliphatic rings. The lowest BCUT2D eigenvalue weighted by atomic mass is 10.3. The van der Waals surface area contributed by atoms with Crippen LogP contribution >= 0.6 is 23.2 Å². The normalized spacial score (nSPS) is 11.4. The van der Waals surface area contributed by atoms with E-state index < -0.39 is 15.8 Å². The van der Waals surface area contributed by atoms with Gasteiger partial charge in [-0.1, -0.05) is 23.2 Å². The van der Waals surface area contributed by atoms with Crippen LogP contribution in [0.15, 0.2) is 41.3 Å². The van der Waals surface area contributed by atoms with E-state index in [4.69, 9.17) is 33.1 Å². The number of ether oxygens (including phenoxy) is 1. The first kappa shape index (κ1) is 15.1. The smallest absolute Gasteiger partial charge is 0.238 e.